The van der Waals surface area contributed by atoms with Gasteiger partial charge in [0.1, 0.15) is 0 Å². The van der Waals surface area contributed by atoms with Gasteiger partial charge in [-0.15, -0.1) is 0 Å². The molecule has 0 spiro atoms. The Balaban J connectivity index is 3.41. The average molecular weight is 480 g/mol. The second-order valence-corrected chi connectivity index (χ2v) is 11.3. The third kappa shape index (κ3) is 23.7. The molecule has 1 unspecified atom stereocenters. The molecule has 0 saturated carbocycles. The van der Waals surface area contributed by atoms with Gasteiger partial charge < -0.3 is 4.90 Å². The van der Waals surface area contributed by atoms with Gasteiger partial charge in [-0.1, -0.05) is 169 Å². The predicted molar refractivity (Wildman–Crippen MR) is 158 cm³/mol. The van der Waals surface area contributed by atoms with Crippen molar-refractivity contribution in [3.8, 4) is 0 Å². The van der Waals surface area contributed by atoms with E-state index in [0.717, 1.165) is 6.04 Å². The Bertz CT molecular complexity index is 344. The second-order valence-electron chi connectivity index (χ2n) is 11.3. The fraction of sp³-hybridized carbons (Fsp3) is 1.00. The highest BCUT2D eigenvalue weighted by Gasteiger charge is 2.15. The van der Waals surface area contributed by atoms with E-state index in [1.54, 1.807) is 0 Å². The van der Waals surface area contributed by atoms with E-state index < -0.39 is 0 Å². The van der Waals surface area contributed by atoms with Gasteiger partial charge in [0.15, 0.2) is 0 Å². The van der Waals surface area contributed by atoms with Crippen LogP contribution in [0.4, 0.5) is 0 Å². The molecule has 0 fully saturated rings. The van der Waals surface area contributed by atoms with Crippen LogP contribution in [0, 0.1) is 0 Å². The van der Waals surface area contributed by atoms with Gasteiger partial charge in [0.25, 0.3) is 0 Å². The molecule has 0 aliphatic carbocycles. The lowest BCUT2D eigenvalue weighted by atomic mass is 10.0. The third-order valence-electron chi connectivity index (χ3n) is 7.98. The number of hydrogen-bond acceptors (Lipinski definition) is 1. The molecule has 0 amide bonds. The Morgan fingerprint density at radius 3 is 0.941 bits per heavy atom. The van der Waals surface area contributed by atoms with E-state index in [0.29, 0.717) is 0 Å². The average Bonchev–Trinajstić information content (AvgIpc) is 2.85. The first-order valence-corrected chi connectivity index (χ1v) is 16.5. The fourth-order valence-electron chi connectivity index (χ4n) is 5.48. The van der Waals surface area contributed by atoms with E-state index >= 15 is 0 Å². The van der Waals surface area contributed by atoms with Crippen molar-refractivity contribution in [1.82, 2.24) is 4.90 Å². The van der Waals surface area contributed by atoms with Crippen molar-refractivity contribution in [2.24, 2.45) is 0 Å². The summed E-state index contributed by atoms with van der Waals surface area (Å²) < 4.78 is 0. The molecule has 1 heteroatoms. The second kappa shape index (κ2) is 29.2. The Kier molecular flexibility index (Phi) is 29.2. The highest BCUT2D eigenvalue weighted by atomic mass is 15.1. The quantitative estimate of drug-likeness (QED) is 0.0964. The first-order valence-electron chi connectivity index (χ1n) is 16.5. The Labute approximate surface area is 218 Å². The lowest BCUT2D eigenvalue weighted by molar-refractivity contribution is 0.173. The van der Waals surface area contributed by atoms with Crippen LogP contribution in [-0.4, -0.2) is 24.0 Å². The Morgan fingerprint density at radius 2 is 0.647 bits per heavy atom. The normalized spacial score (nSPS) is 12.6. The molecule has 0 N–H and O–H groups in total. The maximum atomic E-state index is 2.82. The summed E-state index contributed by atoms with van der Waals surface area (Å²) in [6.45, 7) is 12.0. The Hall–Kier alpha value is -0.0400. The smallest absolute Gasteiger partial charge is 0.00926 e. The molecule has 1 atom stereocenters. The molecule has 0 bridgehead atoms. The van der Waals surface area contributed by atoms with Gasteiger partial charge in [-0.2, -0.15) is 0 Å². The first kappa shape index (κ1) is 34.0. The molecule has 0 aromatic rings. The summed E-state index contributed by atoms with van der Waals surface area (Å²) in [6, 6.07) is 0.841. The lowest BCUT2D eigenvalue weighted by Crippen LogP contribution is -2.36. The van der Waals surface area contributed by atoms with Crippen LogP contribution >= 0.6 is 0 Å². The lowest BCUT2D eigenvalue weighted by Gasteiger charge is -2.31. The molecule has 0 saturated heterocycles. The molecule has 0 aliphatic heterocycles. The Morgan fingerprint density at radius 1 is 0.353 bits per heavy atom. The SMILES string of the molecule is CCCCCCCCCCCCCCCCCCCCCCC(CC)N(CCCC)CCCC. The van der Waals surface area contributed by atoms with E-state index in [-0.39, 0.29) is 0 Å². The molecular formula is C33H69N. The standard InChI is InChI=1S/C33H69N/c1-5-9-12-13-14-15-16-17-18-19-20-21-22-23-24-25-26-27-28-29-30-33(8-4)34(31-10-6-2)32-11-7-3/h33H,5-32H2,1-4H3. The van der Waals surface area contributed by atoms with Crippen molar-refractivity contribution >= 4 is 0 Å². The van der Waals surface area contributed by atoms with Crippen LogP contribution in [0.3, 0.4) is 0 Å². The molecule has 0 rings (SSSR count). The van der Waals surface area contributed by atoms with Gasteiger partial charge in [-0.25, -0.2) is 0 Å². The van der Waals surface area contributed by atoms with Crippen molar-refractivity contribution in [2.45, 2.75) is 201 Å². The largest absolute Gasteiger partial charge is 0.300 e. The molecule has 206 valence electrons. The van der Waals surface area contributed by atoms with Crippen molar-refractivity contribution in [3.63, 3.8) is 0 Å². The molecule has 0 aliphatic rings. The highest BCUT2D eigenvalue weighted by molar-refractivity contribution is 4.71. The van der Waals surface area contributed by atoms with Crippen LogP contribution in [0.5, 0.6) is 0 Å². The summed E-state index contributed by atoms with van der Waals surface area (Å²) in [6.07, 6.45) is 37.6. The molecule has 34 heavy (non-hydrogen) atoms. The maximum absolute atomic E-state index is 2.82. The molecule has 1 nitrogen and oxygen atoms in total. The summed E-state index contributed by atoms with van der Waals surface area (Å²) in [7, 11) is 0. The molecular weight excluding hydrogens is 410 g/mol. The molecule has 0 aromatic heterocycles. The fourth-order valence-corrected chi connectivity index (χ4v) is 5.48. The summed E-state index contributed by atoms with van der Waals surface area (Å²) in [5.41, 5.74) is 0. The van der Waals surface area contributed by atoms with Gasteiger partial charge in [0, 0.05) is 6.04 Å². The zero-order chi connectivity index (χ0) is 25.0. The number of rotatable bonds is 29. The number of unbranched alkanes of at least 4 members (excludes halogenated alkanes) is 21. The topological polar surface area (TPSA) is 3.24 Å². The van der Waals surface area contributed by atoms with Gasteiger partial charge in [-0.05, 0) is 38.8 Å². The maximum Gasteiger partial charge on any atom is 0.00926 e. The van der Waals surface area contributed by atoms with Crippen molar-refractivity contribution in [2.75, 3.05) is 13.1 Å². The summed E-state index contributed by atoms with van der Waals surface area (Å²) in [4.78, 5) is 2.82. The van der Waals surface area contributed by atoms with Crippen molar-refractivity contribution in [1.29, 1.82) is 0 Å². The van der Waals surface area contributed by atoms with Crippen LogP contribution in [0.1, 0.15) is 195 Å². The zero-order valence-corrected chi connectivity index (χ0v) is 24.8. The van der Waals surface area contributed by atoms with Gasteiger partial charge in [0.05, 0.1) is 0 Å². The highest BCUT2D eigenvalue weighted by Crippen LogP contribution is 2.18. The summed E-state index contributed by atoms with van der Waals surface area (Å²) >= 11 is 0. The molecule has 0 heterocycles. The van der Waals surface area contributed by atoms with Gasteiger partial charge in [0.2, 0.25) is 0 Å². The zero-order valence-electron chi connectivity index (χ0n) is 24.8. The van der Waals surface area contributed by atoms with E-state index in [2.05, 4.69) is 32.6 Å². The van der Waals surface area contributed by atoms with Crippen LogP contribution in [0.15, 0.2) is 0 Å². The minimum atomic E-state index is 0.841. The summed E-state index contributed by atoms with van der Waals surface area (Å²) in [5.74, 6) is 0. The first-order chi connectivity index (χ1) is 16.8. The van der Waals surface area contributed by atoms with Gasteiger partial charge >= 0.3 is 0 Å². The van der Waals surface area contributed by atoms with Crippen LogP contribution in [0.25, 0.3) is 0 Å². The van der Waals surface area contributed by atoms with Crippen LogP contribution < -0.4 is 0 Å². The van der Waals surface area contributed by atoms with Crippen molar-refractivity contribution < 1.29 is 0 Å². The minimum absolute atomic E-state index is 0.841. The third-order valence-corrected chi connectivity index (χ3v) is 7.98. The molecule has 0 aromatic carbocycles. The minimum Gasteiger partial charge on any atom is -0.300 e. The predicted octanol–water partition coefficient (Wildman–Crippen LogP) is 11.9. The van der Waals surface area contributed by atoms with E-state index in [4.69, 9.17) is 0 Å². The van der Waals surface area contributed by atoms with Crippen molar-refractivity contribution in [3.05, 3.63) is 0 Å². The van der Waals surface area contributed by atoms with E-state index in [1.165, 1.54) is 180 Å². The van der Waals surface area contributed by atoms with E-state index in [1.807, 2.05) is 0 Å². The van der Waals surface area contributed by atoms with Gasteiger partial charge in [-0.3, -0.25) is 0 Å². The number of nitrogens with zero attached hydrogens (tertiary/aromatic N) is 1. The summed E-state index contributed by atoms with van der Waals surface area (Å²) in [5, 5.41) is 0. The number of hydrogen-bond donors (Lipinski definition) is 0. The molecule has 0 radical (unpaired) electrons. The monoisotopic (exact) mass is 480 g/mol. The van der Waals surface area contributed by atoms with Crippen LogP contribution in [-0.2, 0) is 0 Å². The van der Waals surface area contributed by atoms with Crippen LogP contribution in [0.2, 0.25) is 0 Å². The van der Waals surface area contributed by atoms with E-state index in [9.17, 15) is 0 Å².